The SMILES string of the molecule is CCOCCC1(CNC(=NC)NCc2ccc(OC)c(OC)c2)CC1. The van der Waals surface area contributed by atoms with Gasteiger partial charge in [-0.05, 0) is 49.3 Å². The molecule has 0 bridgehead atoms. The molecule has 1 aliphatic carbocycles. The molecule has 1 aromatic carbocycles. The monoisotopic (exact) mass is 349 g/mol. The first kappa shape index (κ1) is 19.4. The Morgan fingerprint density at radius 3 is 2.52 bits per heavy atom. The molecule has 2 rings (SSSR count). The van der Waals surface area contributed by atoms with Gasteiger partial charge in [-0.2, -0.15) is 0 Å². The van der Waals surface area contributed by atoms with Gasteiger partial charge in [0, 0.05) is 33.4 Å². The van der Waals surface area contributed by atoms with Crippen molar-refractivity contribution in [1.29, 1.82) is 0 Å². The standard InChI is InChI=1S/C19H31N3O3/c1-5-25-11-10-19(8-9-19)14-22-18(20-2)21-13-15-6-7-16(23-3)17(12-15)24-4/h6-7,12H,5,8-11,13-14H2,1-4H3,(H2,20,21,22). The van der Waals surface area contributed by atoms with E-state index in [1.807, 2.05) is 25.1 Å². The summed E-state index contributed by atoms with van der Waals surface area (Å²) in [6.45, 7) is 5.28. The van der Waals surface area contributed by atoms with Gasteiger partial charge in [-0.1, -0.05) is 6.07 Å². The number of benzene rings is 1. The van der Waals surface area contributed by atoms with E-state index in [1.165, 1.54) is 12.8 Å². The fourth-order valence-corrected chi connectivity index (χ4v) is 2.79. The molecule has 0 radical (unpaired) electrons. The van der Waals surface area contributed by atoms with Crippen molar-refractivity contribution in [2.45, 2.75) is 32.7 Å². The number of ether oxygens (including phenoxy) is 3. The topological polar surface area (TPSA) is 64.1 Å². The van der Waals surface area contributed by atoms with E-state index < -0.39 is 0 Å². The maximum absolute atomic E-state index is 5.49. The van der Waals surface area contributed by atoms with Crippen molar-refractivity contribution in [2.75, 3.05) is 41.0 Å². The molecule has 0 heterocycles. The van der Waals surface area contributed by atoms with E-state index in [0.717, 1.165) is 49.2 Å². The molecule has 1 aromatic rings. The van der Waals surface area contributed by atoms with Crippen LogP contribution in [0, 0.1) is 5.41 Å². The van der Waals surface area contributed by atoms with Crippen molar-refractivity contribution in [2.24, 2.45) is 10.4 Å². The third-order valence-corrected chi connectivity index (χ3v) is 4.70. The Bertz CT molecular complexity index is 571. The Hall–Kier alpha value is -1.95. The van der Waals surface area contributed by atoms with Gasteiger partial charge in [-0.3, -0.25) is 4.99 Å². The van der Waals surface area contributed by atoms with Crippen molar-refractivity contribution in [3.05, 3.63) is 23.8 Å². The number of hydrogen-bond acceptors (Lipinski definition) is 4. The summed E-state index contributed by atoms with van der Waals surface area (Å²) in [6, 6.07) is 5.91. The Kier molecular flexibility index (Phi) is 7.37. The molecule has 0 atom stereocenters. The first-order valence-corrected chi connectivity index (χ1v) is 8.89. The molecule has 6 heteroatoms. The number of nitrogens with one attached hydrogen (secondary N) is 2. The molecule has 6 nitrogen and oxygen atoms in total. The van der Waals surface area contributed by atoms with Crippen molar-refractivity contribution >= 4 is 5.96 Å². The maximum Gasteiger partial charge on any atom is 0.191 e. The molecule has 1 aliphatic rings. The summed E-state index contributed by atoms with van der Waals surface area (Å²) in [5.41, 5.74) is 1.49. The molecule has 1 fully saturated rings. The minimum atomic E-state index is 0.385. The van der Waals surface area contributed by atoms with Crippen molar-refractivity contribution < 1.29 is 14.2 Å². The van der Waals surface area contributed by atoms with Gasteiger partial charge in [-0.25, -0.2) is 0 Å². The van der Waals surface area contributed by atoms with Gasteiger partial charge in [-0.15, -0.1) is 0 Å². The van der Waals surface area contributed by atoms with Crippen LogP contribution in [0.5, 0.6) is 11.5 Å². The third-order valence-electron chi connectivity index (χ3n) is 4.70. The van der Waals surface area contributed by atoms with E-state index in [2.05, 4.69) is 15.6 Å². The molecule has 140 valence electrons. The molecule has 0 aromatic heterocycles. The van der Waals surface area contributed by atoms with Gasteiger partial charge in [0.15, 0.2) is 17.5 Å². The minimum absolute atomic E-state index is 0.385. The van der Waals surface area contributed by atoms with Crippen LogP contribution in [0.4, 0.5) is 0 Å². The zero-order valence-corrected chi connectivity index (χ0v) is 15.9. The van der Waals surface area contributed by atoms with Gasteiger partial charge in [0.2, 0.25) is 0 Å². The minimum Gasteiger partial charge on any atom is -0.493 e. The number of nitrogens with zero attached hydrogens (tertiary/aromatic N) is 1. The normalized spacial score (nSPS) is 15.6. The molecule has 0 unspecified atom stereocenters. The lowest BCUT2D eigenvalue weighted by Crippen LogP contribution is -2.40. The van der Waals surface area contributed by atoms with Crippen LogP contribution in [-0.4, -0.2) is 47.0 Å². The maximum atomic E-state index is 5.49. The molecule has 25 heavy (non-hydrogen) atoms. The highest BCUT2D eigenvalue weighted by Gasteiger charge is 2.41. The Labute approximate surface area is 151 Å². The molecule has 1 saturated carbocycles. The lowest BCUT2D eigenvalue weighted by atomic mass is 10.0. The van der Waals surface area contributed by atoms with Crippen molar-refractivity contribution in [3.63, 3.8) is 0 Å². The van der Waals surface area contributed by atoms with Crippen LogP contribution >= 0.6 is 0 Å². The Balaban J connectivity index is 1.81. The van der Waals surface area contributed by atoms with E-state index in [0.29, 0.717) is 12.0 Å². The summed E-state index contributed by atoms with van der Waals surface area (Å²) in [4.78, 5) is 4.31. The quantitative estimate of drug-likeness (QED) is 0.386. The number of guanidine groups is 1. The average Bonchev–Trinajstić information content (AvgIpc) is 3.42. The largest absolute Gasteiger partial charge is 0.493 e. The van der Waals surface area contributed by atoms with Gasteiger partial charge in [0.05, 0.1) is 14.2 Å². The lowest BCUT2D eigenvalue weighted by molar-refractivity contribution is 0.128. The molecule has 0 aliphatic heterocycles. The molecule has 0 spiro atoms. The van der Waals surface area contributed by atoms with Crippen LogP contribution < -0.4 is 20.1 Å². The summed E-state index contributed by atoms with van der Waals surface area (Å²) < 4.78 is 16.1. The van der Waals surface area contributed by atoms with Crippen LogP contribution in [0.1, 0.15) is 31.7 Å². The second kappa shape index (κ2) is 9.51. The fraction of sp³-hybridized carbons (Fsp3) is 0.632. The van der Waals surface area contributed by atoms with Crippen LogP contribution in [0.15, 0.2) is 23.2 Å². The first-order valence-electron chi connectivity index (χ1n) is 8.89. The second-order valence-electron chi connectivity index (χ2n) is 6.42. The van der Waals surface area contributed by atoms with Crippen molar-refractivity contribution in [3.8, 4) is 11.5 Å². The lowest BCUT2D eigenvalue weighted by Gasteiger charge is -2.18. The summed E-state index contributed by atoms with van der Waals surface area (Å²) >= 11 is 0. The van der Waals surface area contributed by atoms with Gasteiger partial charge >= 0.3 is 0 Å². The smallest absolute Gasteiger partial charge is 0.191 e. The number of aliphatic imine (C=N–C) groups is 1. The van der Waals surface area contributed by atoms with Crippen LogP contribution in [0.25, 0.3) is 0 Å². The number of methoxy groups -OCH3 is 2. The Morgan fingerprint density at radius 1 is 1.16 bits per heavy atom. The fourth-order valence-electron chi connectivity index (χ4n) is 2.79. The summed E-state index contributed by atoms with van der Waals surface area (Å²) in [7, 11) is 5.08. The number of hydrogen-bond donors (Lipinski definition) is 2. The second-order valence-corrected chi connectivity index (χ2v) is 6.42. The summed E-state index contributed by atoms with van der Waals surface area (Å²) in [5.74, 6) is 2.29. The predicted octanol–water partition coefficient (Wildman–Crippen LogP) is 2.58. The van der Waals surface area contributed by atoms with Crippen LogP contribution in [-0.2, 0) is 11.3 Å². The van der Waals surface area contributed by atoms with Crippen LogP contribution in [0.3, 0.4) is 0 Å². The molecule has 2 N–H and O–H groups in total. The van der Waals surface area contributed by atoms with E-state index in [-0.39, 0.29) is 0 Å². The first-order chi connectivity index (χ1) is 12.2. The molecular formula is C19H31N3O3. The molecule has 0 amide bonds. The molecular weight excluding hydrogens is 318 g/mol. The molecule has 0 saturated heterocycles. The summed E-state index contributed by atoms with van der Waals surface area (Å²) in [6.07, 6.45) is 3.64. The van der Waals surface area contributed by atoms with E-state index >= 15 is 0 Å². The van der Waals surface area contributed by atoms with Crippen LogP contribution in [0.2, 0.25) is 0 Å². The zero-order chi connectivity index (χ0) is 18.1. The highest BCUT2D eigenvalue weighted by atomic mass is 16.5. The van der Waals surface area contributed by atoms with Gasteiger partial charge in [0.25, 0.3) is 0 Å². The van der Waals surface area contributed by atoms with Gasteiger partial charge in [0.1, 0.15) is 0 Å². The van der Waals surface area contributed by atoms with Gasteiger partial charge < -0.3 is 24.8 Å². The van der Waals surface area contributed by atoms with E-state index in [1.54, 1.807) is 21.3 Å². The highest BCUT2D eigenvalue weighted by molar-refractivity contribution is 5.79. The number of rotatable bonds is 10. The predicted molar refractivity (Wildman–Crippen MR) is 101 cm³/mol. The zero-order valence-electron chi connectivity index (χ0n) is 15.9. The Morgan fingerprint density at radius 2 is 1.92 bits per heavy atom. The van der Waals surface area contributed by atoms with E-state index in [9.17, 15) is 0 Å². The highest BCUT2D eigenvalue weighted by Crippen LogP contribution is 2.48. The van der Waals surface area contributed by atoms with E-state index in [4.69, 9.17) is 14.2 Å². The third kappa shape index (κ3) is 5.81. The summed E-state index contributed by atoms with van der Waals surface area (Å²) in [5, 5.41) is 6.80. The van der Waals surface area contributed by atoms with Crippen molar-refractivity contribution in [1.82, 2.24) is 10.6 Å². The average molecular weight is 349 g/mol.